The minimum absolute atomic E-state index is 0.379. The maximum absolute atomic E-state index is 11.3. The Balaban J connectivity index is 3.25. The number of amides is 1. The highest BCUT2D eigenvalue weighted by Crippen LogP contribution is 2.27. The van der Waals surface area contributed by atoms with Crippen molar-refractivity contribution < 1.29 is 9.53 Å². The van der Waals surface area contributed by atoms with E-state index in [1.165, 1.54) is 0 Å². The molecule has 0 fully saturated rings. The van der Waals surface area contributed by atoms with Crippen molar-refractivity contribution in [1.82, 2.24) is 5.32 Å². The number of methoxy groups -OCH3 is 1. The highest BCUT2D eigenvalue weighted by molar-refractivity contribution is 5.82. The molecule has 1 unspecified atom stereocenters. The quantitative estimate of drug-likeness (QED) is 0.800. The van der Waals surface area contributed by atoms with E-state index in [4.69, 9.17) is 10.5 Å². The van der Waals surface area contributed by atoms with E-state index in [0.717, 1.165) is 22.4 Å². The summed E-state index contributed by atoms with van der Waals surface area (Å²) in [6, 6.07) is 3.27. The van der Waals surface area contributed by atoms with Crippen molar-refractivity contribution in [3.05, 3.63) is 28.8 Å². The number of rotatable bonds is 4. The molecule has 1 amide bonds. The third-order valence-corrected chi connectivity index (χ3v) is 2.88. The second-order valence-corrected chi connectivity index (χ2v) is 3.73. The van der Waals surface area contributed by atoms with Crippen LogP contribution in [0.25, 0.3) is 0 Å². The van der Waals surface area contributed by atoms with Crippen LogP contribution in [-0.4, -0.2) is 20.1 Å². The number of benzene rings is 1. The number of hydrogen-bond acceptors (Lipinski definition) is 3. The Bertz CT molecular complexity index is 402. The number of likely N-dealkylation sites (N-methyl/N-ethyl adjacent to an activating group) is 1. The van der Waals surface area contributed by atoms with E-state index in [1.807, 2.05) is 26.0 Å². The van der Waals surface area contributed by atoms with Crippen LogP contribution in [0.15, 0.2) is 12.1 Å². The van der Waals surface area contributed by atoms with Gasteiger partial charge in [0.15, 0.2) is 0 Å². The van der Waals surface area contributed by atoms with Crippen LogP contribution in [0.5, 0.6) is 5.75 Å². The van der Waals surface area contributed by atoms with Crippen molar-refractivity contribution in [3.63, 3.8) is 0 Å². The van der Waals surface area contributed by atoms with E-state index in [9.17, 15) is 4.79 Å². The molecule has 0 bridgehead atoms. The summed E-state index contributed by atoms with van der Waals surface area (Å²) in [7, 11) is 3.35. The van der Waals surface area contributed by atoms with Crippen molar-refractivity contribution in [2.75, 3.05) is 14.2 Å². The Morgan fingerprint density at radius 1 is 1.38 bits per heavy atom. The summed E-state index contributed by atoms with van der Waals surface area (Å²) in [5.41, 5.74) is 8.29. The number of nitrogens with one attached hydrogen (secondary N) is 1. The van der Waals surface area contributed by atoms with E-state index in [0.29, 0.717) is 0 Å². The smallest absolute Gasteiger partial charge is 0.239 e. The lowest BCUT2D eigenvalue weighted by Crippen LogP contribution is -2.31. The van der Waals surface area contributed by atoms with Gasteiger partial charge in [-0.05, 0) is 43.7 Å². The van der Waals surface area contributed by atoms with Crippen molar-refractivity contribution in [2.24, 2.45) is 5.73 Å². The molecule has 0 heterocycles. The van der Waals surface area contributed by atoms with Gasteiger partial charge in [-0.1, -0.05) is 6.07 Å². The van der Waals surface area contributed by atoms with Crippen LogP contribution >= 0.6 is 0 Å². The fourth-order valence-corrected chi connectivity index (χ4v) is 1.80. The number of nitrogens with two attached hydrogens (primary N) is 1. The van der Waals surface area contributed by atoms with Crippen LogP contribution < -0.4 is 15.8 Å². The Kier molecular flexibility index (Phi) is 3.90. The van der Waals surface area contributed by atoms with Gasteiger partial charge in [-0.3, -0.25) is 4.79 Å². The van der Waals surface area contributed by atoms with Gasteiger partial charge >= 0.3 is 0 Å². The summed E-state index contributed by atoms with van der Waals surface area (Å²) in [5, 5.41) is 2.91. The highest BCUT2D eigenvalue weighted by Gasteiger charge is 2.19. The first-order chi connectivity index (χ1) is 7.52. The van der Waals surface area contributed by atoms with Crippen LogP contribution in [-0.2, 0) is 4.79 Å². The van der Waals surface area contributed by atoms with Gasteiger partial charge in [-0.25, -0.2) is 0 Å². The molecule has 0 radical (unpaired) electrons. The van der Waals surface area contributed by atoms with Gasteiger partial charge < -0.3 is 15.8 Å². The minimum Gasteiger partial charge on any atom is -0.496 e. The first kappa shape index (κ1) is 12.5. The molecule has 4 heteroatoms. The molecule has 0 aliphatic heterocycles. The first-order valence-electron chi connectivity index (χ1n) is 5.13. The van der Waals surface area contributed by atoms with Gasteiger partial charge in [-0.2, -0.15) is 0 Å². The first-order valence-corrected chi connectivity index (χ1v) is 5.13. The second kappa shape index (κ2) is 4.99. The fourth-order valence-electron chi connectivity index (χ4n) is 1.80. The number of carbonyl (C=O) groups is 1. The predicted molar refractivity (Wildman–Crippen MR) is 63.5 cm³/mol. The number of ether oxygens (including phenoxy) is 1. The molecule has 3 N–H and O–H groups in total. The molecule has 1 aromatic carbocycles. The summed E-state index contributed by atoms with van der Waals surface area (Å²) in [5.74, 6) is 0.441. The molecule has 16 heavy (non-hydrogen) atoms. The average molecular weight is 222 g/mol. The van der Waals surface area contributed by atoms with Gasteiger partial charge in [0.05, 0.1) is 7.11 Å². The number of hydrogen-bond donors (Lipinski definition) is 2. The third-order valence-electron chi connectivity index (χ3n) is 2.88. The number of primary amides is 1. The molecule has 1 atom stereocenters. The number of carbonyl (C=O) groups excluding carboxylic acids is 1. The SMILES string of the molecule is CNC(C(N)=O)c1ccc(OC)c(C)c1C. The van der Waals surface area contributed by atoms with Gasteiger partial charge in [0, 0.05) is 0 Å². The minimum atomic E-state index is -0.454. The van der Waals surface area contributed by atoms with E-state index < -0.39 is 6.04 Å². The monoisotopic (exact) mass is 222 g/mol. The molecule has 0 aliphatic carbocycles. The Morgan fingerprint density at radius 3 is 2.44 bits per heavy atom. The fraction of sp³-hybridized carbons (Fsp3) is 0.417. The van der Waals surface area contributed by atoms with Crippen molar-refractivity contribution in [2.45, 2.75) is 19.9 Å². The molecular formula is C12H18N2O2. The van der Waals surface area contributed by atoms with Crippen LogP contribution in [0.3, 0.4) is 0 Å². The molecule has 88 valence electrons. The van der Waals surface area contributed by atoms with Gasteiger partial charge in [0.2, 0.25) is 5.91 Å². The largest absolute Gasteiger partial charge is 0.496 e. The van der Waals surface area contributed by atoms with E-state index in [2.05, 4.69) is 5.32 Å². The highest BCUT2D eigenvalue weighted by atomic mass is 16.5. The normalized spacial score (nSPS) is 12.2. The van der Waals surface area contributed by atoms with Gasteiger partial charge in [0.1, 0.15) is 11.8 Å². The molecule has 1 aromatic rings. The van der Waals surface area contributed by atoms with Crippen LogP contribution in [0, 0.1) is 13.8 Å². The zero-order valence-electron chi connectivity index (χ0n) is 10.1. The van der Waals surface area contributed by atoms with Crippen molar-refractivity contribution >= 4 is 5.91 Å². The maximum Gasteiger partial charge on any atom is 0.239 e. The molecule has 1 rings (SSSR count). The molecule has 0 saturated heterocycles. The predicted octanol–water partition coefficient (Wildman–Crippen LogP) is 1.06. The zero-order valence-corrected chi connectivity index (χ0v) is 10.1. The van der Waals surface area contributed by atoms with Crippen molar-refractivity contribution in [3.8, 4) is 5.75 Å². The lowest BCUT2D eigenvalue weighted by Gasteiger charge is -2.18. The summed E-state index contributed by atoms with van der Waals surface area (Å²) in [4.78, 5) is 11.3. The summed E-state index contributed by atoms with van der Waals surface area (Å²) in [6.45, 7) is 3.92. The Hall–Kier alpha value is -1.55. The molecule has 0 aromatic heterocycles. The average Bonchev–Trinajstić information content (AvgIpc) is 2.25. The second-order valence-electron chi connectivity index (χ2n) is 3.73. The van der Waals surface area contributed by atoms with E-state index in [1.54, 1.807) is 14.2 Å². The molecule has 0 saturated carbocycles. The van der Waals surface area contributed by atoms with Crippen LogP contribution in [0.1, 0.15) is 22.7 Å². The standard InChI is InChI=1S/C12H18N2O2/c1-7-8(2)10(16-4)6-5-9(7)11(14-3)12(13)15/h5-6,11,14H,1-4H3,(H2,13,15). The summed E-state index contributed by atoms with van der Waals surface area (Å²) < 4.78 is 5.22. The van der Waals surface area contributed by atoms with Gasteiger partial charge in [-0.15, -0.1) is 0 Å². The van der Waals surface area contributed by atoms with Crippen LogP contribution in [0.4, 0.5) is 0 Å². The van der Waals surface area contributed by atoms with E-state index in [-0.39, 0.29) is 5.91 Å². The maximum atomic E-state index is 11.3. The van der Waals surface area contributed by atoms with Crippen molar-refractivity contribution in [1.29, 1.82) is 0 Å². The van der Waals surface area contributed by atoms with Crippen LogP contribution in [0.2, 0.25) is 0 Å². The molecule has 4 nitrogen and oxygen atoms in total. The Labute approximate surface area is 95.8 Å². The lowest BCUT2D eigenvalue weighted by atomic mass is 9.96. The third kappa shape index (κ3) is 2.17. The molecule has 0 spiro atoms. The zero-order chi connectivity index (χ0) is 12.3. The molecular weight excluding hydrogens is 204 g/mol. The lowest BCUT2D eigenvalue weighted by molar-refractivity contribution is -0.120. The summed E-state index contributed by atoms with van der Waals surface area (Å²) in [6.07, 6.45) is 0. The topological polar surface area (TPSA) is 64.3 Å². The van der Waals surface area contributed by atoms with Gasteiger partial charge in [0.25, 0.3) is 0 Å². The summed E-state index contributed by atoms with van der Waals surface area (Å²) >= 11 is 0. The molecule has 0 aliphatic rings. The Morgan fingerprint density at radius 2 is 2.00 bits per heavy atom. The van der Waals surface area contributed by atoms with E-state index >= 15 is 0 Å².